The third-order valence-corrected chi connectivity index (χ3v) is 5.54. The lowest BCUT2D eigenvalue weighted by Crippen LogP contribution is -2.24. The van der Waals surface area contributed by atoms with Gasteiger partial charge in [0.1, 0.15) is 7.85 Å². The Morgan fingerprint density at radius 2 is 1.50 bits per heavy atom. The molecule has 0 aromatic rings. The molecule has 0 unspecified atom stereocenters. The van der Waals surface area contributed by atoms with Gasteiger partial charge in [-0.25, -0.2) is 0 Å². The Balaban J connectivity index is 5.69. The molecule has 0 amide bonds. The van der Waals surface area contributed by atoms with E-state index >= 15 is 0 Å². The fraction of sp³-hybridized carbons (Fsp3) is 0.667. The highest BCUT2D eigenvalue weighted by Crippen LogP contribution is 2.41. The van der Waals surface area contributed by atoms with Gasteiger partial charge in [0, 0.05) is 6.54 Å². The molecule has 0 bridgehead atoms. The largest absolute Gasteiger partial charge is 0.316 e. The molecule has 0 heterocycles. The number of allylic oxidation sites excluding steroid dienone is 4. The van der Waals surface area contributed by atoms with Gasteiger partial charge in [0.2, 0.25) is 0 Å². The topological polar surface area (TPSA) is 12.0 Å². The Hall–Kier alpha value is -1.02. The molecule has 1 N–H and O–H groups in total. The zero-order valence-corrected chi connectivity index (χ0v) is 18.4. The van der Waals surface area contributed by atoms with Crippen LogP contribution in [0.2, 0.25) is 0 Å². The second-order valence-corrected chi connectivity index (χ2v) is 7.89. The van der Waals surface area contributed by atoms with E-state index in [1.807, 2.05) is 13.1 Å². The summed E-state index contributed by atoms with van der Waals surface area (Å²) in [6.45, 7) is 16.0. The second kappa shape index (κ2) is 15.1. The van der Waals surface area contributed by atoms with Gasteiger partial charge in [-0.05, 0) is 36.5 Å². The van der Waals surface area contributed by atoms with E-state index in [9.17, 15) is 0 Å². The van der Waals surface area contributed by atoms with Crippen LogP contribution in [0, 0.1) is 5.41 Å². The molecule has 0 aliphatic carbocycles. The summed E-state index contributed by atoms with van der Waals surface area (Å²) in [5, 5.41) is 3.37. The maximum absolute atomic E-state index is 4.22. The molecule has 2 heteroatoms. The van der Waals surface area contributed by atoms with Crippen molar-refractivity contribution in [2.24, 2.45) is 5.41 Å². The summed E-state index contributed by atoms with van der Waals surface area (Å²) in [5.74, 6) is 0. The van der Waals surface area contributed by atoms with Crippen LogP contribution in [0.4, 0.5) is 0 Å². The van der Waals surface area contributed by atoms with Gasteiger partial charge in [-0.3, -0.25) is 0 Å². The van der Waals surface area contributed by atoms with Crippen molar-refractivity contribution in [2.75, 3.05) is 13.6 Å². The third-order valence-electron chi connectivity index (χ3n) is 5.54. The molecule has 0 aromatic carbocycles. The maximum Gasteiger partial charge on any atom is 0.139 e. The first-order valence-electron chi connectivity index (χ1n) is 10.8. The van der Waals surface area contributed by atoms with Crippen LogP contribution in [0.15, 0.2) is 48.0 Å². The average Bonchev–Trinajstić information content (AvgIpc) is 2.62. The number of hydrogen-bond acceptors (Lipinski definition) is 1. The number of nitrogens with one attached hydrogen (secondary N) is 1. The predicted octanol–water partition coefficient (Wildman–Crippen LogP) is 6.34. The van der Waals surface area contributed by atoms with Crippen molar-refractivity contribution in [1.29, 1.82) is 0 Å². The van der Waals surface area contributed by atoms with Crippen molar-refractivity contribution < 1.29 is 0 Å². The van der Waals surface area contributed by atoms with Gasteiger partial charge in [-0.2, -0.15) is 0 Å². The van der Waals surface area contributed by atoms with Crippen LogP contribution in [0.5, 0.6) is 0 Å². The fourth-order valence-corrected chi connectivity index (χ4v) is 3.91. The number of likely N-dealkylation sites (N-methyl/N-ethyl adjacent to an activating group) is 1. The normalized spacial score (nSPS) is 13.5. The first-order valence-corrected chi connectivity index (χ1v) is 10.8. The van der Waals surface area contributed by atoms with Gasteiger partial charge in [0.15, 0.2) is 0 Å². The van der Waals surface area contributed by atoms with Crippen LogP contribution >= 0.6 is 0 Å². The zero-order chi connectivity index (χ0) is 19.8. The lowest BCUT2D eigenvalue weighted by molar-refractivity contribution is 0.312. The van der Waals surface area contributed by atoms with Crippen LogP contribution in [0.1, 0.15) is 85.0 Å². The van der Waals surface area contributed by atoms with Crippen molar-refractivity contribution in [2.45, 2.75) is 85.0 Å². The lowest BCUT2D eigenvalue weighted by Gasteiger charge is -2.34. The quantitative estimate of drug-likeness (QED) is 0.193. The average molecular weight is 357 g/mol. The number of hydrogen-bond donors (Lipinski definition) is 1. The van der Waals surface area contributed by atoms with E-state index in [2.05, 4.69) is 59.2 Å². The highest BCUT2D eigenvalue weighted by Gasteiger charge is 2.29. The van der Waals surface area contributed by atoms with E-state index in [4.69, 9.17) is 0 Å². The van der Waals surface area contributed by atoms with Crippen molar-refractivity contribution in [3.05, 3.63) is 48.0 Å². The molecule has 0 radical (unpaired) electrons. The van der Waals surface area contributed by atoms with Crippen molar-refractivity contribution >= 4 is 7.85 Å². The fourth-order valence-electron chi connectivity index (χ4n) is 3.91. The minimum Gasteiger partial charge on any atom is -0.316 e. The van der Waals surface area contributed by atoms with Crippen LogP contribution < -0.4 is 5.32 Å². The molecular formula is C24H44BN. The standard InChI is InChI=1S/C24H44BN/c1-7-11-13-15-18-24(5,19-16-14-12-8-2)22(10-4)21(20-26-6)23(25)17-9-3/h9-10,17,26H,3-4,7-8,11-16,18-20,25H2,1-2,5-6H3/b22-21+,23-17+. The molecule has 1 nitrogen and oxygen atoms in total. The highest BCUT2D eigenvalue weighted by atomic mass is 14.8. The van der Waals surface area contributed by atoms with Crippen LogP contribution in [0.3, 0.4) is 0 Å². The van der Waals surface area contributed by atoms with E-state index in [1.54, 1.807) is 0 Å². The summed E-state index contributed by atoms with van der Waals surface area (Å²) in [6, 6.07) is 0. The zero-order valence-electron chi connectivity index (χ0n) is 18.4. The minimum absolute atomic E-state index is 0.214. The van der Waals surface area contributed by atoms with E-state index in [0.29, 0.717) is 0 Å². The Bertz CT molecular complexity index is 447. The number of unbranched alkanes of at least 4 members (excludes halogenated alkanes) is 6. The minimum atomic E-state index is 0.214. The molecule has 0 fully saturated rings. The smallest absolute Gasteiger partial charge is 0.139 e. The van der Waals surface area contributed by atoms with Crippen LogP contribution in [-0.2, 0) is 0 Å². The van der Waals surface area contributed by atoms with Gasteiger partial charge < -0.3 is 5.32 Å². The molecular weight excluding hydrogens is 313 g/mol. The van der Waals surface area contributed by atoms with Gasteiger partial charge in [0.25, 0.3) is 0 Å². The summed E-state index contributed by atoms with van der Waals surface area (Å²) in [7, 11) is 4.23. The Morgan fingerprint density at radius 1 is 0.962 bits per heavy atom. The van der Waals surface area contributed by atoms with E-state index < -0.39 is 0 Å². The van der Waals surface area contributed by atoms with Gasteiger partial charge in [-0.1, -0.05) is 109 Å². The SMILES string of the molecule is BC(=C/C=C)/C(CNC)=C(\C=C)C(C)(CCCCCC)CCCCCC. The van der Waals surface area contributed by atoms with Crippen LogP contribution in [-0.4, -0.2) is 21.4 Å². The summed E-state index contributed by atoms with van der Waals surface area (Å²) in [4.78, 5) is 0. The molecule has 0 atom stereocenters. The molecule has 0 saturated heterocycles. The molecule has 0 aromatic heterocycles. The molecule has 0 aliphatic heterocycles. The van der Waals surface area contributed by atoms with Gasteiger partial charge in [0.05, 0.1) is 0 Å². The molecule has 0 aliphatic rings. The summed E-state index contributed by atoms with van der Waals surface area (Å²) < 4.78 is 0. The summed E-state index contributed by atoms with van der Waals surface area (Å²) in [5.41, 5.74) is 4.36. The Morgan fingerprint density at radius 3 is 1.88 bits per heavy atom. The van der Waals surface area contributed by atoms with E-state index in [-0.39, 0.29) is 5.41 Å². The van der Waals surface area contributed by atoms with E-state index in [1.165, 1.54) is 80.8 Å². The Kier molecular flexibility index (Phi) is 14.5. The van der Waals surface area contributed by atoms with Gasteiger partial charge in [-0.15, -0.1) is 0 Å². The number of rotatable bonds is 16. The monoisotopic (exact) mass is 357 g/mol. The van der Waals surface area contributed by atoms with Crippen LogP contribution in [0.25, 0.3) is 0 Å². The lowest BCUT2D eigenvalue weighted by atomic mass is 9.69. The van der Waals surface area contributed by atoms with E-state index in [0.717, 1.165) is 6.54 Å². The highest BCUT2D eigenvalue weighted by molar-refractivity contribution is 6.24. The molecule has 0 saturated carbocycles. The molecule has 0 spiro atoms. The first-order chi connectivity index (χ1) is 12.5. The predicted molar refractivity (Wildman–Crippen MR) is 124 cm³/mol. The van der Waals surface area contributed by atoms with Crippen molar-refractivity contribution in [3.8, 4) is 0 Å². The van der Waals surface area contributed by atoms with Crippen molar-refractivity contribution in [1.82, 2.24) is 5.32 Å². The van der Waals surface area contributed by atoms with Gasteiger partial charge >= 0.3 is 0 Å². The summed E-state index contributed by atoms with van der Waals surface area (Å²) in [6.07, 6.45) is 19.3. The third kappa shape index (κ3) is 9.08. The Labute approximate surface area is 165 Å². The maximum atomic E-state index is 4.22. The summed E-state index contributed by atoms with van der Waals surface area (Å²) >= 11 is 0. The second-order valence-electron chi connectivity index (χ2n) is 7.89. The molecule has 26 heavy (non-hydrogen) atoms. The first kappa shape index (κ1) is 25.0. The molecule has 0 rings (SSSR count). The molecule has 148 valence electrons. The van der Waals surface area contributed by atoms with Crippen molar-refractivity contribution in [3.63, 3.8) is 0 Å².